The van der Waals surface area contributed by atoms with Gasteiger partial charge in [0.05, 0.1) is 23.3 Å². The van der Waals surface area contributed by atoms with Gasteiger partial charge < -0.3 is 20.9 Å². The van der Waals surface area contributed by atoms with Crippen molar-refractivity contribution in [3.8, 4) is 5.75 Å². The maximum atomic E-state index is 8.98. The number of halogens is 2. The van der Waals surface area contributed by atoms with Crippen molar-refractivity contribution in [2.75, 3.05) is 13.2 Å². The van der Waals surface area contributed by atoms with Gasteiger partial charge in [0.2, 0.25) is 0 Å². The average molecular weight is 434 g/mol. The van der Waals surface area contributed by atoms with Gasteiger partial charge in [0, 0.05) is 18.7 Å². The van der Waals surface area contributed by atoms with Gasteiger partial charge in [0.1, 0.15) is 11.6 Å². The molecule has 2 rings (SSSR count). The molecule has 0 spiro atoms. The first-order chi connectivity index (χ1) is 12.2. The second-order valence-corrected chi connectivity index (χ2v) is 6.67. The zero-order valence-corrected chi connectivity index (χ0v) is 18.1. The highest BCUT2D eigenvalue weighted by Gasteiger charge is 2.11. The predicted octanol–water partition coefficient (Wildman–Crippen LogP) is 4.28. The van der Waals surface area contributed by atoms with E-state index in [1.54, 1.807) is 11.3 Å². The lowest BCUT2D eigenvalue weighted by Gasteiger charge is -2.19. The number of aliphatic hydroxyl groups is 1. The van der Waals surface area contributed by atoms with E-state index in [4.69, 9.17) is 15.6 Å². The van der Waals surface area contributed by atoms with Gasteiger partial charge in [0.25, 0.3) is 0 Å². The Kier molecular flexibility index (Phi) is 13.1. The van der Waals surface area contributed by atoms with Crippen LogP contribution in [0.5, 0.6) is 5.75 Å². The van der Waals surface area contributed by atoms with Crippen LogP contribution in [0.1, 0.15) is 37.1 Å². The van der Waals surface area contributed by atoms with E-state index in [9.17, 15) is 0 Å². The zero-order chi connectivity index (χ0) is 18.1. The summed E-state index contributed by atoms with van der Waals surface area (Å²) >= 11 is 1.57. The van der Waals surface area contributed by atoms with Crippen molar-refractivity contribution in [3.05, 3.63) is 46.2 Å². The minimum Gasteiger partial charge on any atom is -0.490 e. The van der Waals surface area contributed by atoms with E-state index in [-0.39, 0.29) is 37.5 Å². The highest BCUT2D eigenvalue weighted by molar-refractivity contribution is 7.12. The molecule has 0 aliphatic rings. The van der Waals surface area contributed by atoms with Crippen molar-refractivity contribution < 1.29 is 9.84 Å². The minimum atomic E-state index is 0. The van der Waals surface area contributed by atoms with Crippen molar-refractivity contribution >= 4 is 47.7 Å². The third kappa shape index (κ3) is 8.07. The third-order valence-electron chi connectivity index (χ3n) is 3.88. The molecule has 27 heavy (non-hydrogen) atoms. The molecule has 0 atom stereocenters. The molecule has 1 heterocycles. The fraction of sp³-hybridized carbons (Fsp3) is 0.421. The summed E-state index contributed by atoms with van der Waals surface area (Å²) in [5.41, 5.74) is 7.89. The van der Waals surface area contributed by atoms with Crippen LogP contribution in [0.4, 0.5) is 5.69 Å². The Labute approximate surface area is 177 Å². The van der Waals surface area contributed by atoms with Crippen LogP contribution in [0.15, 0.2) is 40.7 Å². The van der Waals surface area contributed by atoms with Gasteiger partial charge in [-0.2, -0.15) is 0 Å². The van der Waals surface area contributed by atoms with Crippen molar-refractivity contribution in [2.45, 2.75) is 39.3 Å². The summed E-state index contributed by atoms with van der Waals surface area (Å²) in [7, 11) is 0. The summed E-state index contributed by atoms with van der Waals surface area (Å²) in [4.78, 5) is 5.48. The number of ether oxygens (including phenoxy) is 1. The zero-order valence-electron chi connectivity index (χ0n) is 15.7. The first kappa shape index (κ1) is 25.7. The quantitative estimate of drug-likeness (QED) is 0.296. The van der Waals surface area contributed by atoms with E-state index in [1.165, 1.54) is 0 Å². The van der Waals surface area contributed by atoms with Crippen LogP contribution in [0.2, 0.25) is 0 Å². The maximum Gasteiger partial charge on any atom is 0.141 e. The molecule has 8 heteroatoms. The van der Waals surface area contributed by atoms with Crippen LogP contribution in [0.25, 0.3) is 0 Å². The number of nitrogens with two attached hydrogens (primary N) is 1. The van der Waals surface area contributed by atoms with E-state index in [0.29, 0.717) is 18.9 Å². The number of benzene rings is 1. The monoisotopic (exact) mass is 433 g/mol. The van der Waals surface area contributed by atoms with Gasteiger partial charge in [-0.25, -0.2) is 4.99 Å². The highest BCUT2D eigenvalue weighted by atomic mass is 35.5. The number of amidine groups is 1. The smallest absolute Gasteiger partial charge is 0.141 e. The summed E-state index contributed by atoms with van der Waals surface area (Å²) in [6.07, 6.45) is 2.12. The van der Waals surface area contributed by atoms with Crippen LogP contribution in [-0.4, -0.2) is 30.2 Å². The van der Waals surface area contributed by atoms with Crippen LogP contribution in [-0.2, 0) is 6.54 Å². The molecule has 0 aliphatic carbocycles. The number of aliphatic hydroxyl groups excluding tert-OH is 1. The summed E-state index contributed by atoms with van der Waals surface area (Å²) in [5.74, 6) is 1.37. The largest absolute Gasteiger partial charge is 0.490 e. The Hall–Kier alpha value is -1.31. The molecule has 4 N–H and O–H groups in total. The van der Waals surface area contributed by atoms with E-state index in [2.05, 4.69) is 24.2 Å². The highest BCUT2D eigenvalue weighted by Crippen LogP contribution is 2.27. The van der Waals surface area contributed by atoms with Crippen LogP contribution in [0.3, 0.4) is 0 Å². The minimum absolute atomic E-state index is 0. The Balaban J connectivity index is 0.00000338. The molecule has 152 valence electrons. The molecular weight excluding hydrogens is 405 g/mol. The number of thiophene rings is 1. The van der Waals surface area contributed by atoms with E-state index in [1.807, 2.05) is 35.7 Å². The lowest BCUT2D eigenvalue weighted by atomic mass is 10.1. The fourth-order valence-corrected chi connectivity index (χ4v) is 3.07. The van der Waals surface area contributed by atoms with E-state index >= 15 is 0 Å². The lowest BCUT2D eigenvalue weighted by Crippen LogP contribution is -2.20. The second kappa shape index (κ2) is 13.8. The van der Waals surface area contributed by atoms with Gasteiger partial charge >= 0.3 is 0 Å². The van der Waals surface area contributed by atoms with Gasteiger partial charge in [-0.15, -0.1) is 36.2 Å². The number of hydrogen-bond acceptors (Lipinski definition) is 5. The van der Waals surface area contributed by atoms with Gasteiger partial charge in [-0.05, 0) is 42.5 Å². The molecule has 0 radical (unpaired) electrons. The molecule has 5 nitrogen and oxygen atoms in total. The molecule has 1 aromatic heterocycles. The molecule has 0 saturated carbocycles. The lowest BCUT2D eigenvalue weighted by molar-refractivity contribution is 0.190. The molecule has 0 fully saturated rings. The summed E-state index contributed by atoms with van der Waals surface area (Å²) in [6, 6.07) is 9.78. The Morgan fingerprint density at radius 2 is 2.00 bits per heavy atom. The third-order valence-corrected chi connectivity index (χ3v) is 4.77. The first-order valence-corrected chi connectivity index (χ1v) is 9.55. The number of nitrogens with one attached hydrogen (secondary N) is 1. The summed E-state index contributed by atoms with van der Waals surface area (Å²) < 4.78 is 6.13. The van der Waals surface area contributed by atoms with Gasteiger partial charge in [0.15, 0.2) is 0 Å². The molecule has 2 aromatic rings. The Morgan fingerprint density at radius 1 is 1.26 bits per heavy atom. The average Bonchev–Trinajstić information content (AvgIpc) is 3.16. The number of rotatable bonds is 10. The molecule has 0 aliphatic heterocycles. The molecule has 1 aromatic carbocycles. The van der Waals surface area contributed by atoms with E-state index in [0.717, 1.165) is 34.7 Å². The molecule has 0 saturated heterocycles. The van der Waals surface area contributed by atoms with Crippen molar-refractivity contribution in [1.29, 1.82) is 0 Å². The number of hydrogen-bond donors (Lipinski definition) is 3. The van der Waals surface area contributed by atoms with Crippen LogP contribution in [0, 0.1) is 0 Å². The van der Waals surface area contributed by atoms with E-state index < -0.39 is 0 Å². The SMILES string of the molecule is CCC(CC)Oc1ccc(N=C(N)c2cccs2)cc1CNCCO.Cl.Cl. The Morgan fingerprint density at radius 3 is 2.59 bits per heavy atom. The van der Waals surface area contributed by atoms with Crippen LogP contribution < -0.4 is 15.8 Å². The second-order valence-electron chi connectivity index (χ2n) is 5.72. The number of aliphatic imine (C=N–C) groups is 1. The van der Waals surface area contributed by atoms with Gasteiger partial charge in [-0.3, -0.25) is 0 Å². The summed E-state index contributed by atoms with van der Waals surface area (Å²) in [6.45, 7) is 5.50. The number of nitrogens with zero attached hydrogens (tertiary/aromatic N) is 1. The van der Waals surface area contributed by atoms with Gasteiger partial charge in [-0.1, -0.05) is 19.9 Å². The fourth-order valence-electron chi connectivity index (χ4n) is 2.44. The van der Waals surface area contributed by atoms with Crippen molar-refractivity contribution in [1.82, 2.24) is 5.32 Å². The normalized spacial score (nSPS) is 11.0. The maximum absolute atomic E-state index is 8.98. The standard InChI is InChI=1S/C19H27N3O2S.2ClH/c1-3-16(4-2)24-17-8-7-15(12-14(17)13-21-9-10-23)22-19(20)18-6-5-11-25-18;;/h5-8,11-12,16,21,23H,3-4,9-10,13H2,1-2H3,(H2,20,22);2*1H. The topological polar surface area (TPSA) is 79.9 Å². The molecule has 0 bridgehead atoms. The van der Waals surface area contributed by atoms with Crippen molar-refractivity contribution in [2.24, 2.45) is 10.7 Å². The molecule has 0 amide bonds. The molecular formula is C19H29Cl2N3O2S. The predicted molar refractivity (Wildman–Crippen MR) is 119 cm³/mol. The Bertz CT molecular complexity index is 678. The first-order valence-electron chi connectivity index (χ1n) is 8.67. The molecule has 0 unspecified atom stereocenters. The van der Waals surface area contributed by atoms with Crippen LogP contribution >= 0.6 is 36.2 Å². The summed E-state index contributed by atoms with van der Waals surface area (Å²) in [5, 5.41) is 14.2. The van der Waals surface area contributed by atoms with Crippen molar-refractivity contribution in [3.63, 3.8) is 0 Å².